The molecular weight excluding hydrogens is 400 g/mol. The molecule has 1 saturated heterocycles. The molecule has 1 aliphatic heterocycles. The molecule has 0 bridgehead atoms. The second-order valence-electron chi connectivity index (χ2n) is 6.69. The zero-order valence-corrected chi connectivity index (χ0v) is 17.0. The van der Waals surface area contributed by atoms with Crippen molar-refractivity contribution in [2.45, 2.75) is 57.7 Å². The zero-order valence-electron chi connectivity index (χ0n) is 17.0. The standard InChI is InChI=1S/C20H24O10/c1-10(21)27-18-15(9-16(25)26-4)30-17(13-6-5-7-14(24)8-13)19(28-11(2)22)20(18)29-12(3)23/h5-8,15,17-20,24H,9H2,1-4H3/t15-,17?,18-,19-,20-/m1/s1. The van der Waals surface area contributed by atoms with Gasteiger partial charge in [0.1, 0.15) is 18.0 Å². The number of rotatable bonds is 6. The third-order valence-electron chi connectivity index (χ3n) is 4.33. The second-order valence-corrected chi connectivity index (χ2v) is 6.69. The van der Waals surface area contributed by atoms with Crippen LogP contribution in [-0.4, -0.2) is 60.5 Å². The lowest BCUT2D eigenvalue weighted by Gasteiger charge is -2.44. The van der Waals surface area contributed by atoms with Gasteiger partial charge < -0.3 is 28.8 Å². The van der Waals surface area contributed by atoms with Crippen molar-refractivity contribution in [1.82, 2.24) is 0 Å². The molecule has 1 fully saturated rings. The number of esters is 4. The summed E-state index contributed by atoms with van der Waals surface area (Å²) >= 11 is 0. The number of benzene rings is 1. The van der Waals surface area contributed by atoms with Crippen LogP contribution in [0.25, 0.3) is 0 Å². The van der Waals surface area contributed by atoms with E-state index in [1.165, 1.54) is 19.2 Å². The molecule has 0 saturated carbocycles. The molecule has 30 heavy (non-hydrogen) atoms. The molecule has 1 N–H and O–H groups in total. The number of phenolic OH excluding ortho intramolecular Hbond substituents is 1. The number of hydrogen-bond donors (Lipinski definition) is 1. The van der Waals surface area contributed by atoms with Crippen LogP contribution in [0.4, 0.5) is 0 Å². The van der Waals surface area contributed by atoms with Gasteiger partial charge in [-0.2, -0.15) is 0 Å². The van der Waals surface area contributed by atoms with Gasteiger partial charge in [-0.05, 0) is 17.7 Å². The highest BCUT2D eigenvalue weighted by molar-refractivity contribution is 5.71. The highest BCUT2D eigenvalue weighted by atomic mass is 16.6. The molecule has 0 aromatic heterocycles. The average Bonchev–Trinajstić information content (AvgIpc) is 2.64. The van der Waals surface area contributed by atoms with E-state index < -0.39 is 54.4 Å². The van der Waals surface area contributed by atoms with E-state index >= 15 is 0 Å². The second kappa shape index (κ2) is 10.1. The van der Waals surface area contributed by atoms with Gasteiger partial charge in [-0.15, -0.1) is 0 Å². The van der Waals surface area contributed by atoms with Gasteiger partial charge in [-0.25, -0.2) is 0 Å². The van der Waals surface area contributed by atoms with Crippen LogP contribution in [-0.2, 0) is 42.9 Å². The maximum atomic E-state index is 11.9. The summed E-state index contributed by atoms with van der Waals surface area (Å²) in [5.41, 5.74) is 0.398. The fraction of sp³-hybridized carbons (Fsp3) is 0.500. The summed E-state index contributed by atoms with van der Waals surface area (Å²) in [6.07, 6.45) is -6.17. The smallest absolute Gasteiger partial charge is 0.308 e. The average molecular weight is 424 g/mol. The molecule has 0 radical (unpaired) electrons. The van der Waals surface area contributed by atoms with E-state index in [1.807, 2.05) is 0 Å². The molecule has 0 spiro atoms. The minimum absolute atomic E-state index is 0.0756. The van der Waals surface area contributed by atoms with Crippen LogP contribution in [0.5, 0.6) is 5.75 Å². The van der Waals surface area contributed by atoms with Crippen LogP contribution in [0.2, 0.25) is 0 Å². The number of phenols is 1. The number of aromatic hydroxyl groups is 1. The maximum Gasteiger partial charge on any atom is 0.308 e. The first-order chi connectivity index (χ1) is 14.1. The molecule has 10 nitrogen and oxygen atoms in total. The monoisotopic (exact) mass is 424 g/mol. The predicted octanol–water partition coefficient (Wildman–Crippen LogP) is 1.19. The van der Waals surface area contributed by atoms with Crippen molar-refractivity contribution >= 4 is 23.9 Å². The van der Waals surface area contributed by atoms with Crippen LogP contribution in [0.1, 0.15) is 38.9 Å². The van der Waals surface area contributed by atoms with Gasteiger partial charge in [0, 0.05) is 20.8 Å². The fourth-order valence-corrected chi connectivity index (χ4v) is 3.28. The molecule has 164 valence electrons. The first-order valence-electron chi connectivity index (χ1n) is 9.15. The van der Waals surface area contributed by atoms with Crippen LogP contribution in [0, 0.1) is 0 Å². The number of hydrogen-bond acceptors (Lipinski definition) is 10. The quantitative estimate of drug-likeness (QED) is 0.524. The zero-order chi connectivity index (χ0) is 22.4. The largest absolute Gasteiger partial charge is 0.508 e. The van der Waals surface area contributed by atoms with Gasteiger partial charge in [0.05, 0.1) is 13.5 Å². The molecule has 1 unspecified atom stereocenters. The summed E-state index contributed by atoms with van der Waals surface area (Å²) in [6.45, 7) is 3.44. The van der Waals surface area contributed by atoms with Gasteiger partial charge >= 0.3 is 23.9 Å². The Morgan fingerprint density at radius 2 is 1.50 bits per heavy atom. The van der Waals surface area contributed by atoms with Crippen molar-refractivity contribution < 1.29 is 48.0 Å². The first kappa shape index (κ1) is 23.1. The number of carbonyl (C=O) groups is 4. The molecule has 0 amide bonds. The molecule has 0 aliphatic carbocycles. The number of ether oxygens (including phenoxy) is 5. The van der Waals surface area contributed by atoms with E-state index in [2.05, 4.69) is 4.74 Å². The molecule has 1 heterocycles. The van der Waals surface area contributed by atoms with Gasteiger partial charge in [-0.1, -0.05) is 12.1 Å². The third kappa shape index (κ3) is 5.93. The van der Waals surface area contributed by atoms with E-state index in [9.17, 15) is 24.3 Å². The molecule has 1 aliphatic rings. The SMILES string of the molecule is COC(=O)C[C@H]1OC(c2cccc(O)c2)[C@@H](OC(C)=O)[C@H](OC(C)=O)[C@@H]1OC(C)=O. The summed E-state index contributed by atoms with van der Waals surface area (Å²) in [7, 11) is 1.18. The van der Waals surface area contributed by atoms with Gasteiger partial charge in [-0.3, -0.25) is 19.2 Å². The number of methoxy groups -OCH3 is 1. The highest BCUT2D eigenvalue weighted by Gasteiger charge is 2.52. The summed E-state index contributed by atoms with van der Waals surface area (Å²) < 4.78 is 26.7. The van der Waals surface area contributed by atoms with Gasteiger partial charge in [0.2, 0.25) is 0 Å². The van der Waals surface area contributed by atoms with E-state index in [4.69, 9.17) is 18.9 Å². The summed E-state index contributed by atoms with van der Waals surface area (Å²) in [5, 5.41) is 9.85. The molecule has 1 aromatic rings. The Bertz CT molecular complexity index is 805. The van der Waals surface area contributed by atoms with Crippen molar-refractivity contribution in [3.63, 3.8) is 0 Å². The van der Waals surface area contributed by atoms with Crippen molar-refractivity contribution in [2.75, 3.05) is 7.11 Å². The Labute approximate surface area is 173 Å². The topological polar surface area (TPSA) is 135 Å². The van der Waals surface area contributed by atoms with E-state index in [0.29, 0.717) is 5.56 Å². The normalized spacial score (nSPS) is 25.7. The lowest BCUT2D eigenvalue weighted by molar-refractivity contribution is -0.250. The Kier molecular flexibility index (Phi) is 7.76. The van der Waals surface area contributed by atoms with E-state index in [1.54, 1.807) is 12.1 Å². The lowest BCUT2D eigenvalue weighted by atomic mass is 9.89. The fourth-order valence-electron chi connectivity index (χ4n) is 3.28. The Morgan fingerprint density at radius 3 is 2.03 bits per heavy atom. The van der Waals surface area contributed by atoms with Crippen LogP contribution < -0.4 is 0 Å². The summed E-state index contributed by atoms with van der Waals surface area (Å²) in [5.74, 6) is -2.86. The first-order valence-corrected chi connectivity index (χ1v) is 9.15. The van der Waals surface area contributed by atoms with Crippen molar-refractivity contribution in [3.8, 4) is 5.75 Å². The molecular formula is C20H24O10. The van der Waals surface area contributed by atoms with Crippen LogP contribution in [0.15, 0.2) is 24.3 Å². The lowest BCUT2D eigenvalue weighted by Crippen LogP contribution is -2.58. The highest BCUT2D eigenvalue weighted by Crippen LogP contribution is 2.39. The number of carbonyl (C=O) groups excluding carboxylic acids is 4. The summed E-state index contributed by atoms with van der Waals surface area (Å²) in [6, 6.07) is 5.97. The van der Waals surface area contributed by atoms with E-state index in [-0.39, 0.29) is 12.2 Å². The Hall–Kier alpha value is -3.14. The minimum Gasteiger partial charge on any atom is -0.508 e. The van der Waals surface area contributed by atoms with Gasteiger partial charge in [0.25, 0.3) is 0 Å². The van der Waals surface area contributed by atoms with Crippen LogP contribution in [0.3, 0.4) is 0 Å². The van der Waals surface area contributed by atoms with Crippen molar-refractivity contribution in [1.29, 1.82) is 0 Å². The van der Waals surface area contributed by atoms with Crippen molar-refractivity contribution in [3.05, 3.63) is 29.8 Å². The minimum atomic E-state index is -1.27. The van der Waals surface area contributed by atoms with E-state index in [0.717, 1.165) is 20.8 Å². The third-order valence-corrected chi connectivity index (χ3v) is 4.33. The molecule has 2 rings (SSSR count). The predicted molar refractivity (Wildman–Crippen MR) is 99.0 cm³/mol. The molecule has 10 heteroatoms. The van der Waals surface area contributed by atoms with Gasteiger partial charge in [0.15, 0.2) is 18.3 Å². The van der Waals surface area contributed by atoms with Crippen molar-refractivity contribution in [2.24, 2.45) is 0 Å². The Morgan fingerprint density at radius 1 is 0.933 bits per heavy atom. The molecule has 5 atom stereocenters. The van der Waals surface area contributed by atoms with Crippen LogP contribution >= 0.6 is 0 Å². The summed E-state index contributed by atoms with van der Waals surface area (Å²) in [4.78, 5) is 47.2. The maximum absolute atomic E-state index is 11.9. The Balaban J connectivity index is 2.56. The molecule has 1 aromatic carbocycles.